The van der Waals surface area contributed by atoms with E-state index in [4.69, 9.17) is 17.0 Å². The Bertz CT molecular complexity index is 527. The van der Waals surface area contributed by atoms with Gasteiger partial charge in [0.05, 0.1) is 7.11 Å². The molecule has 1 atom stereocenters. The third-order valence-corrected chi connectivity index (χ3v) is 4.44. The van der Waals surface area contributed by atoms with Gasteiger partial charge >= 0.3 is 0 Å². The zero-order chi connectivity index (χ0) is 14.0. The second kappa shape index (κ2) is 5.71. The molecular formula is C13H13NO3S2. The number of hydrogen-bond donors (Lipinski definition) is 0. The molecule has 19 heavy (non-hydrogen) atoms. The number of carbonyl (C=O) groups is 2. The molecule has 1 heterocycles. The van der Waals surface area contributed by atoms with Crippen molar-refractivity contribution in [2.24, 2.45) is 0 Å². The van der Waals surface area contributed by atoms with Crippen LogP contribution in [-0.4, -0.2) is 39.8 Å². The number of benzene rings is 1. The summed E-state index contributed by atoms with van der Waals surface area (Å²) in [4.78, 5) is 25.8. The van der Waals surface area contributed by atoms with Crippen LogP contribution < -0.4 is 4.74 Å². The first-order valence-corrected chi connectivity index (χ1v) is 7.07. The predicted molar refractivity (Wildman–Crippen MR) is 78.7 cm³/mol. The van der Waals surface area contributed by atoms with E-state index in [1.807, 2.05) is 6.92 Å². The van der Waals surface area contributed by atoms with Crippen LogP contribution in [0, 0.1) is 0 Å². The van der Waals surface area contributed by atoms with Crippen molar-refractivity contribution in [2.45, 2.75) is 12.2 Å². The molecule has 1 amide bonds. The largest absolute Gasteiger partial charge is 0.497 e. The Hall–Kier alpha value is -1.40. The van der Waals surface area contributed by atoms with E-state index in [1.165, 1.54) is 4.90 Å². The number of Topliss-reactive ketones (excluding diaryl/α,β-unsaturated/α-hetero) is 1. The van der Waals surface area contributed by atoms with Gasteiger partial charge in [0.15, 0.2) is 11.0 Å². The van der Waals surface area contributed by atoms with Crippen LogP contribution in [0.5, 0.6) is 5.75 Å². The number of nitrogens with zero attached hydrogens (tertiary/aromatic N) is 1. The van der Waals surface area contributed by atoms with Gasteiger partial charge in [-0.2, -0.15) is 0 Å². The summed E-state index contributed by atoms with van der Waals surface area (Å²) in [5, 5.41) is -0.749. The molecular weight excluding hydrogens is 282 g/mol. The number of ketones is 1. The third-order valence-electron chi connectivity index (χ3n) is 2.86. The Kier molecular flexibility index (Phi) is 4.21. The molecule has 1 aliphatic rings. The lowest BCUT2D eigenvalue weighted by molar-refractivity contribution is -0.125. The van der Waals surface area contributed by atoms with Gasteiger partial charge in [0.1, 0.15) is 10.1 Å². The normalized spacial score (nSPS) is 18.8. The number of hydrogen-bond acceptors (Lipinski definition) is 5. The predicted octanol–water partition coefficient (Wildman–Crippen LogP) is 2.13. The van der Waals surface area contributed by atoms with Crippen molar-refractivity contribution in [1.29, 1.82) is 0 Å². The number of thiocarbonyl (C=S) groups is 1. The van der Waals surface area contributed by atoms with Crippen molar-refractivity contribution in [2.75, 3.05) is 13.7 Å². The van der Waals surface area contributed by atoms with Crippen LogP contribution in [-0.2, 0) is 4.79 Å². The van der Waals surface area contributed by atoms with Crippen LogP contribution in [0.15, 0.2) is 24.3 Å². The molecule has 1 saturated heterocycles. The van der Waals surface area contributed by atoms with E-state index in [1.54, 1.807) is 31.4 Å². The molecule has 0 N–H and O–H groups in total. The summed E-state index contributed by atoms with van der Waals surface area (Å²) >= 11 is 6.24. The van der Waals surface area contributed by atoms with Gasteiger partial charge in [0, 0.05) is 12.1 Å². The Morgan fingerprint density at radius 1 is 1.42 bits per heavy atom. The highest BCUT2D eigenvalue weighted by atomic mass is 32.2. The summed E-state index contributed by atoms with van der Waals surface area (Å²) in [6.07, 6.45) is 0. The molecule has 0 aliphatic carbocycles. The highest BCUT2D eigenvalue weighted by molar-refractivity contribution is 8.24. The fourth-order valence-corrected chi connectivity index (χ4v) is 3.33. The maximum atomic E-state index is 12.3. The molecule has 1 aromatic rings. The Labute approximate surface area is 121 Å². The first-order valence-electron chi connectivity index (χ1n) is 5.78. The van der Waals surface area contributed by atoms with Gasteiger partial charge in [-0.1, -0.05) is 24.0 Å². The monoisotopic (exact) mass is 295 g/mol. The minimum atomic E-state index is -0.749. The van der Waals surface area contributed by atoms with Gasteiger partial charge in [0.2, 0.25) is 5.91 Å². The van der Waals surface area contributed by atoms with Gasteiger partial charge in [0.25, 0.3) is 0 Å². The minimum Gasteiger partial charge on any atom is -0.497 e. The lowest BCUT2D eigenvalue weighted by atomic mass is 10.1. The van der Waals surface area contributed by atoms with E-state index < -0.39 is 5.25 Å². The zero-order valence-electron chi connectivity index (χ0n) is 10.6. The molecule has 0 spiro atoms. The van der Waals surface area contributed by atoms with Crippen LogP contribution in [0.3, 0.4) is 0 Å². The first-order chi connectivity index (χ1) is 9.08. The number of thioether (sulfide) groups is 1. The summed E-state index contributed by atoms with van der Waals surface area (Å²) in [5.41, 5.74) is 0.493. The van der Waals surface area contributed by atoms with Crippen LogP contribution in [0.2, 0.25) is 0 Å². The molecule has 6 heteroatoms. The molecule has 0 aromatic heterocycles. The molecule has 100 valence electrons. The second-order valence-corrected chi connectivity index (χ2v) is 5.68. The third kappa shape index (κ3) is 2.64. The van der Waals surface area contributed by atoms with Gasteiger partial charge in [-0.15, -0.1) is 0 Å². The highest BCUT2D eigenvalue weighted by Crippen LogP contribution is 2.30. The average molecular weight is 295 g/mol. The van der Waals surface area contributed by atoms with Crippen LogP contribution in [0.25, 0.3) is 0 Å². The Balaban J connectivity index is 2.20. The van der Waals surface area contributed by atoms with Crippen molar-refractivity contribution >= 4 is 40.0 Å². The average Bonchev–Trinajstić information content (AvgIpc) is 2.72. The molecule has 2 rings (SSSR count). The van der Waals surface area contributed by atoms with Gasteiger partial charge < -0.3 is 4.74 Å². The van der Waals surface area contributed by atoms with E-state index in [0.717, 1.165) is 11.8 Å². The summed E-state index contributed by atoms with van der Waals surface area (Å²) in [5.74, 6) is 0.238. The molecule has 0 saturated carbocycles. The van der Waals surface area contributed by atoms with Crippen molar-refractivity contribution in [3.05, 3.63) is 29.8 Å². The maximum Gasteiger partial charge on any atom is 0.249 e. The van der Waals surface area contributed by atoms with Gasteiger partial charge in [-0.25, -0.2) is 0 Å². The first kappa shape index (κ1) is 14.0. The standard InChI is InChI=1S/C13H13NO3S2/c1-3-14-12(16)11(19-13(14)18)10(15)8-4-6-9(17-2)7-5-8/h4-7,11H,3H2,1-2H3. The minimum absolute atomic E-state index is 0.212. The van der Waals surface area contributed by atoms with Crippen molar-refractivity contribution in [3.63, 3.8) is 0 Å². The van der Waals surface area contributed by atoms with E-state index in [0.29, 0.717) is 22.2 Å². The van der Waals surface area contributed by atoms with Crippen LogP contribution >= 0.6 is 24.0 Å². The molecule has 1 fully saturated rings. The lowest BCUT2D eigenvalue weighted by Crippen LogP contribution is -2.34. The molecule has 1 unspecified atom stereocenters. The quantitative estimate of drug-likeness (QED) is 0.484. The SMILES string of the molecule is CCN1C(=O)C(C(=O)c2ccc(OC)cc2)SC1=S. The number of amides is 1. The second-order valence-electron chi connectivity index (χ2n) is 3.94. The molecule has 0 bridgehead atoms. The Morgan fingerprint density at radius 3 is 2.53 bits per heavy atom. The maximum absolute atomic E-state index is 12.3. The summed E-state index contributed by atoms with van der Waals surface area (Å²) in [6.45, 7) is 2.34. The smallest absolute Gasteiger partial charge is 0.249 e. The molecule has 1 aliphatic heterocycles. The fraction of sp³-hybridized carbons (Fsp3) is 0.308. The zero-order valence-corrected chi connectivity index (χ0v) is 12.2. The van der Waals surface area contributed by atoms with Gasteiger partial charge in [-0.3, -0.25) is 14.5 Å². The summed E-state index contributed by atoms with van der Waals surface area (Å²) < 4.78 is 5.51. The highest BCUT2D eigenvalue weighted by Gasteiger charge is 2.40. The van der Waals surface area contributed by atoms with E-state index in [-0.39, 0.29) is 11.7 Å². The van der Waals surface area contributed by atoms with Crippen molar-refractivity contribution in [1.82, 2.24) is 4.90 Å². The van der Waals surface area contributed by atoms with E-state index in [2.05, 4.69) is 0 Å². The van der Waals surface area contributed by atoms with Crippen molar-refractivity contribution in [3.8, 4) is 5.75 Å². The molecule has 1 aromatic carbocycles. The molecule has 4 nitrogen and oxygen atoms in total. The number of rotatable bonds is 4. The van der Waals surface area contributed by atoms with Crippen molar-refractivity contribution < 1.29 is 14.3 Å². The number of carbonyl (C=O) groups excluding carboxylic acids is 2. The van der Waals surface area contributed by atoms with E-state index in [9.17, 15) is 9.59 Å². The van der Waals surface area contributed by atoms with Crippen LogP contribution in [0.1, 0.15) is 17.3 Å². The Morgan fingerprint density at radius 2 is 2.05 bits per heavy atom. The van der Waals surface area contributed by atoms with E-state index >= 15 is 0 Å². The number of ether oxygens (including phenoxy) is 1. The molecule has 0 radical (unpaired) electrons. The van der Waals surface area contributed by atoms with Crippen LogP contribution in [0.4, 0.5) is 0 Å². The number of methoxy groups -OCH3 is 1. The lowest BCUT2D eigenvalue weighted by Gasteiger charge is -2.11. The van der Waals surface area contributed by atoms with Gasteiger partial charge in [-0.05, 0) is 31.2 Å². The summed E-state index contributed by atoms with van der Waals surface area (Å²) in [7, 11) is 1.56. The fourth-order valence-electron chi connectivity index (χ4n) is 1.80. The summed E-state index contributed by atoms with van der Waals surface area (Å²) in [6, 6.07) is 6.72. The topological polar surface area (TPSA) is 46.6 Å².